The average molecular weight is 221 g/mol. The minimum Gasteiger partial charge on any atom is -0.508 e. The van der Waals surface area contributed by atoms with Crippen molar-refractivity contribution in [2.24, 2.45) is 5.73 Å². The van der Waals surface area contributed by atoms with Crippen LogP contribution in [0.15, 0.2) is 12.1 Å². The molecule has 0 aromatic heterocycles. The number of hydrogen-bond donors (Lipinski definition) is 2. The van der Waals surface area contributed by atoms with Crippen LogP contribution in [0.25, 0.3) is 0 Å². The molecule has 0 saturated heterocycles. The Balaban J connectivity index is 3.14. The highest BCUT2D eigenvalue weighted by Crippen LogP contribution is 2.33. The molecule has 1 unspecified atom stereocenters. The number of aromatic hydroxyl groups is 1. The summed E-state index contributed by atoms with van der Waals surface area (Å²) in [6.45, 7) is 9.17. The molecule has 90 valence electrons. The van der Waals surface area contributed by atoms with Crippen LogP contribution >= 0.6 is 0 Å². The monoisotopic (exact) mass is 221 g/mol. The standard InChI is InChI=1S/C14H23NO/c1-9(2)12-8-13(10(3)5-6-15)14(16)7-11(12)4/h7-10,16H,5-6,15H2,1-4H3. The molecule has 1 aromatic carbocycles. The summed E-state index contributed by atoms with van der Waals surface area (Å²) in [5, 5.41) is 9.95. The lowest BCUT2D eigenvalue weighted by atomic mass is 9.89. The van der Waals surface area contributed by atoms with Gasteiger partial charge in [0.05, 0.1) is 0 Å². The highest BCUT2D eigenvalue weighted by Gasteiger charge is 2.14. The summed E-state index contributed by atoms with van der Waals surface area (Å²) in [6, 6.07) is 4.01. The first-order chi connectivity index (χ1) is 7.47. The molecule has 0 aliphatic carbocycles. The number of phenols is 1. The van der Waals surface area contributed by atoms with E-state index in [0.29, 0.717) is 24.1 Å². The zero-order valence-electron chi connectivity index (χ0n) is 10.7. The van der Waals surface area contributed by atoms with Crippen LogP contribution in [0.5, 0.6) is 5.75 Å². The molecule has 0 fully saturated rings. The van der Waals surface area contributed by atoms with Crippen LogP contribution in [0.3, 0.4) is 0 Å². The summed E-state index contributed by atoms with van der Waals surface area (Å²) in [7, 11) is 0. The van der Waals surface area contributed by atoms with E-state index < -0.39 is 0 Å². The third-order valence-electron chi connectivity index (χ3n) is 3.17. The second kappa shape index (κ2) is 5.35. The van der Waals surface area contributed by atoms with E-state index >= 15 is 0 Å². The maximum atomic E-state index is 9.95. The van der Waals surface area contributed by atoms with E-state index in [-0.39, 0.29) is 0 Å². The SMILES string of the molecule is Cc1cc(O)c(C(C)CCN)cc1C(C)C. The van der Waals surface area contributed by atoms with E-state index in [2.05, 4.69) is 26.8 Å². The minimum atomic E-state index is 0.322. The molecule has 0 saturated carbocycles. The van der Waals surface area contributed by atoms with Gasteiger partial charge in [0.1, 0.15) is 5.75 Å². The largest absolute Gasteiger partial charge is 0.508 e. The smallest absolute Gasteiger partial charge is 0.119 e. The number of aryl methyl sites for hydroxylation is 1. The number of rotatable bonds is 4. The van der Waals surface area contributed by atoms with Crippen LogP contribution in [0.2, 0.25) is 0 Å². The van der Waals surface area contributed by atoms with Crippen LogP contribution in [0, 0.1) is 6.92 Å². The molecule has 0 aliphatic heterocycles. The molecule has 1 atom stereocenters. The predicted molar refractivity (Wildman–Crippen MR) is 69.0 cm³/mol. The topological polar surface area (TPSA) is 46.2 Å². The average Bonchev–Trinajstić information content (AvgIpc) is 2.17. The van der Waals surface area contributed by atoms with Crippen molar-refractivity contribution in [3.05, 3.63) is 28.8 Å². The van der Waals surface area contributed by atoms with Gasteiger partial charge in [-0.3, -0.25) is 0 Å². The maximum absolute atomic E-state index is 9.95. The van der Waals surface area contributed by atoms with Gasteiger partial charge >= 0.3 is 0 Å². The van der Waals surface area contributed by atoms with Crippen molar-refractivity contribution in [2.75, 3.05) is 6.54 Å². The zero-order chi connectivity index (χ0) is 12.3. The first kappa shape index (κ1) is 13.0. The fourth-order valence-corrected chi connectivity index (χ4v) is 2.15. The Labute approximate surface area is 98.5 Å². The van der Waals surface area contributed by atoms with E-state index in [1.807, 2.05) is 13.0 Å². The Hall–Kier alpha value is -1.02. The van der Waals surface area contributed by atoms with Crippen molar-refractivity contribution in [3.63, 3.8) is 0 Å². The van der Waals surface area contributed by atoms with Gasteiger partial charge in [-0.25, -0.2) is 0 Å². The Kier molecular flexibility index (Phi) is 4.36. The maximum Gasteiger partial charge on any atom is 0.119 e. The summed E-state index contributed by atoms with van der Waals surface area (Å²) in [4.78, 5) is 0. The molecular weight excluding hydrogens is 198 g/mol. The van der Waals surface area contributed by atoms with Gasteiger partial charge in [0.25, 0.3) is 0 Å². The molecule has 0 amide bonds. The van der Waals surface area contributed by atoms with Gasteiger partial charge in [0.2, 0.25) is 0 Å². The van der Waals surface area contributed by atoms with Crippen molar-refractivity contribution in [3.8, 4) is 5.75 Å². The third-order valence-corrected chi connectivity index (χ3v) is 3.17. The molecular formula is C14H23NO. The minimum absolute atomic E-state index is 0.322. The molecule has 0 radical (unpaired) electrons. The van der Waals surface area contributed by atoms with Gasteiger partial charge in [0, 0.05) is 0 Å². The van der Waals surface area contributed by atoms with Crippen molar-refractivity contribution < 1.29 is 5.11 Å². The summed E-state index contributed by atoms with van der Waals surface area (Å²) < 4.78 is 0. The number of nitrogens with two attached hydrogens (primary N) is 1. The molecule has 3 N–H and O–H groups in total. The molecule has 2 heteroatoms. The normalized spacial score (nSPS) is 13.1. The molecule has 0 bridgehead atoms. The number of phenolic OH excluding ortho intramolecular Hbond substituents is 1. The number of benzene rings is 1. The van der Waals surface area contributed by atoms with Crippen molar-refractivity contribution in [2.45, 2.75) is 46.0 Å². The zero-order valence-corrected chi connectivity index (χ0v) is 10.7. The number of hydrogen-bond acceptors (Lipinski definition) is 2. The van der Waals surface area contributed by atoms with E-state index in [4.69, 9.17) is 5.73 Å². The van der Waals surface area contributed by atoms with Gasteiger partial charge in [0.15, 0.2) is 0 Å². The van der Waals surface area contributed by atoms with Crippen LogP contribution in [0.4, 0.5) is 0 Å². The lowest BCUT2D eigenvalue weighted by molar-refractivity contribution is 0.460. The van der Waals surface area contributed by atoms with Crippen molar-refractivity contribution in [1.82, 2.24) is 0 Å². The van der Waals surface area contributed by atoms with Gasteiger partial charge < -0.3 is 10.8 Å². The molecule has 16 heavy (non-hydrogen) atoms. The fourth-order valence-electron chi connectivity index (χ4n) is 2.15. The summed E-state index contributed by atoms with van der Waals surface area (Å²) in [5.41, 5.74) is 9.07. The van der Waals surface area contributed by atoms with E-state index in [0.717, 1.165) is 17.5 Å². The fraction of sp³-hybridized carbons (Fsp3) is 0.571. The van der Waals surface area contributed by atoms with Crippen LogP contribution in [-0.4, -0.2) is 11.7 Å². The second-order valence-corrected chi connectivity index (χ2v) is 4.90. The quantitative estimate of drug-likeness (QED) is 0.819. The van der Waals surface area contributed by atoms with E-state index in [1.54, 1.807) is 0 Å². The van der Waals surface area contributed by atoms with Crippen molar-refractivity contribution >= 4 is 0 Å². The second-order valence-electron chi connectivity index (χ2n) is 4.90. The first-order valence-electron chi connectivity index (χ1n) is 6.00. The Morgan fingerprint density at radius 3 is 2.31 bits per heavy atom. The molecule has 1 rings (SSSR count). The Morgan fingerprint density at radius 2 is 1.81 bits per heavy atom. The van der Waals surface area contributed by atoms with Crippen LogP contribution in [-0.2, 0) is 0 Å². The summed E-state index contributed by atoms with van der Waals surface area (Å²) in [6.07, 6.45) is 0.911. The summed E-state index contributed by atoms with van der Waals surface area (Å²) >= 11 is 0. The van der Waals surface area contributed by atoms with Crippen LogP contribution in [0.1, 0.15) is 55.7 Å². The van der Waals surface area contributed by atoms with E-state index in [9.17, 15) is 5.11 Å². The highest BCUT2D eigenvalue weighted by atomic mass is 16.3. The molecule has 0 heterocycles. The lowest BCUT2D eigenvalue weighted by Crippen LogP contribution is -2.06. The lowest BCUT2D eigenvalue weighted by Gasteiger charge is -2.17. The summed E-state index contributed by atoms with van der Waals surface area (Å²) in [5.74, 6) is 1.22. The van der Waals surface area contributed by atoms with Gasteiger partial charge in [-0.15, -0.1) is 0 Å². The van der Waals surface area contributed by atoms with Crippen LogP contribution < -0.4 is 5.73 Å². The highest BCUT2D eigenvalue weighted by molar-refractivity contribution is 5.44. The molecule has 0 spiro atoms. The van der Waals surface area contributed by atoms with Gasteiger partial charge in [-0.1, -0.05) is 26.8 Å². The van der Waals surface area contributed by atoms with E-state index in [1.165, 1.54) is 5.56 Å². The third kappa shape index (κ3) is 2.76. The Morgan fingerprint density at radius 1 is 1.19 bits per heavy atom. The van der Waals surface area contributed by atoms with Gasteiger partial charge in [-0.2, -0.15) is 0 Å². The molecule has 0 aliphatic rings. The predicted octanol–water partition coefficient (Wildman–Crippen LogP) is 3.28. The molecule has 2 nitrogen and oxygen atoms in total. The first-order valence-corrected chi connectivity index (χ1v) is 6.00. The Bertz CT molecular complexity index is 358. The van der Waals surface area contributed by atoms with Crippen molar-refractivity contribution in [1.29, 1.82) is 0 Å². The van der Waals surface area contributed by atoms with Gasteiger partial charge in [-0.05, 0) is 54.5 Å². The molecule has 1 aromatic rings.